The average molecular weight is 292 g/mol. The second-order valence-corrected chi connectivity index (χ2v) is 9.03. The van der Waals surface area contributed by atoms with Crippen molar-refractivity contribution in [3.63, 3.8) is 0 Å². The van der Waals surface area contributed by atoms with Gasteiger partial charge < -0.3 is 5.32 Å². The number of hydrogen-bond acceptors (Lipinski definition) is 4. The quantitative estimate of drug-likeness (QED) is 0.780. The van der Waals surface area contributed by atoms with Crippen molar-refractivity contribution in [2.75, 3.05) is 12.4 Å². The van der Waals surface area contributed by atoms with Crippen molar-refractivity contribution in [2.45, 2.75) is 6.92 Å². The molecule has 0 aliphatic rings. The highest BCUT2D eigenvalue weighted by molar-refractivity contribution is 8.24. The van der Waals surface area contributed by atoms with Crippen LogP contribution in [0.2, 0.25) is 0 Å². The number of H-pyrrole nitrogens is 1. The summed E-state index contributed by atoms with van der Waals surface area (Å²) in [6.07, 6.45) is 1.53. The minimum Gasteiger partial charge on any atom is -0.374 e. The van der Waals surface area contributed by atoms with Crippen LogP contribution in [-0.4, -0.2) is 17.0 Å². The molecule has 1 rings (SSSR count). The van der Waals surface area contributed by atoms with Crippen molar-refractivity contribution in [1.82, 2.24) is 9.97 Å². The van der Waals surface area contributed by atoms with Crippen molar-refractivity contribution in [3.05, 3.63) is 22.2 Å². The van der Waals surface area contributed by atoms with Crippen LogP contribution in [-0.2, 0) is 4.57 Å². The van der Waals surface area contributed by atoms with E-state index < -0.39 is 5.20 Å². The van der Waals surface area contributed by atoms with Crippen LogP contribution < -0.4 is 11.0 Å². The fraction of sp³-hybridized carbons (Fsp3) is 0.333. The summed E-state index contributed by atoms with van der Waals surface area (Å²) in [6.45, 7) is 1.87. The average Bonchev–Trinajstić information content (AvgIpc) is 2.06. The molecule has 5 nitrogen and oxygen atoms in total. The van der Waals surface area contributed by atoms with Crippen molar-refractivity contribution >= 4 is 44.7 Å². The second kappa shape index (κ2) is 6.38. The van der Waals surface area contributed by atoms with E-state index >= 15 is 0 Å². The number of aryl methyl sites for hydroxylation is 1. The summed E-state index contributed by atoms with van der Waals surface area (Å²) < 4.78 is 9.51. The summed E-state index contributed by atoms with van der Waals surface area (Å²) in [5.74, 6) is 0.722. The minimum atomic E-state index is -3.22. The summed E-state index contributed by atoms with van der Waals surface area (Å²) in [5, 5.41) is -0.382. The molecule has 0 unspecified atom stereocenters. The molecule has 0 fully saturated rings. The van der Waals surface area contributed by atoms with Crippen LogP contribution in [0.5, 0.6) is 0 Å². The third-order valence-electron chi connectivity index (χ3n) is 1.25. The zero-order valence-corrected chi connectivity index (χ0v) is 11.1. The van der Waals surface area contributed by atoms with Crippen LogP contribution in [0.4, 0.5) is 5.82 Å². The molecule has 0 aliphatic carbocycles. The molecule has 0 saturated carbocycles. The Morgan fingerprint density at radius 1 is 1.47 bits per heavy atom. The molecule has 0 bridgehead atoms. The third-order valence-corrected chi connectivity index (χ3v) is 1.25. The Bertz CT molecular complexity index is 408. The zero-order valence-electron chi connectivity index (χ0n) is 7.92. The van der Waals surface area contributed by atoms with E-state index in [0.717, 1.165) is 11.4 Å². The molecule has 2 N–H and O–H groups in total. The van der Waals surface area contributed by atoms with Gasteiger partial charge in [-0.15, -0.1) is 0 Å². The molecular weight excluding hydrogens is 283 g/mol. The Morgan fingerprint density at radius 3 is 2.27 bits per heavy atom. The largest absolute Gasteiger partial charge is 0.374 e. The summed E-state index contributed by atoms with van der Waals surface area (Å²) in [4.78, 5) is 16.7. The van der Waals surface area contributed by atoms with Gasteiger partial charge in [-0.05, 0) is 40.6 Å². The fourth-order valence-electron chi connectivity index (χ4n) is 0.717. The number of rotatable bonds is 1. The molecule has 0 atom stereocenters. The lowest BCUT2D eigenvalue weighted by Crippen LogP contribution is -2.12. The van der Waals surface area contributed by atoms with E-state index in [1.807, 2.05) is 6.92 Å². The SMILES string of the molecule is CNc1[nH]c(=O)ncc1C.O=P(Cl)(Cl)Cl. The molecule has 1 aromatic rings. The summed E-state index contributed by atoms with van der Waals surface area (Å²) in [6, 6.07) is 0. The number of hydrogen-bond donors (Lipinski definition) is 2. The molecule has 86 valence electrons. The first-order valence-corrected chi connectivity index (χ1v) is 8.09. The molecular formula is C6H9Cl3N3O2P. The summed E-state index contributed by atoms with van der Waals surface area (Å²) in [5.41, 5.74) is 0.608. The van der Waals surface area contributed by atoms with Gasteiger partial charge in [0.25, 0.3) is 0 Å². The maximum absolute atomic E-state index is 10.6. The number of halogens is 3. The first-order valence-electron chi connectivity index (χ1n) is 3.66. The fourth-order valence-corrected chi connectivity index (χ4v) is 0.717. The van der Waals surface area contributed by atoms with E-state index in [-0.39, 0.29) is 5.69 Å². The van der Waals surface area contributed by atoms with Crippen molar-refractivity contribution in [3.8, 4) is 0 Å². The number of nitrogens with zero attached hydrogens (tertiary/aromatic N) is 1. The standard InChI is InChI=1S/C6H9N3O.Cl3OP/c1-4-3-8-6(10)9-5(4)7-2;1-5(2,3)4/h3H,1-2H3,(H2,7,8,9,10);. The number of nitrogens with one attached hydrogen (secondary N) is 2. The van der Waals surface area contributed by atoms with Crippen molar-refractivity contribution in [2.24, 2.45) is 0 Å². The van der Waals surface area contributed by atoms with Gasteiger partial charge in [-0.1, -0.05) is 0 Å². The molecule has 15 heavy (non-hydrogen) atoms. The van der Waals surface area contributed by atoms with E-state index in [2.05, 4.69) is 49.0 Å². The van der Waals surface area contributed by atoms with Gasteiger partial charge in [0, 0.05) is 18.8 Å². The van der Waals surface area contributed by atoms with Crippen LogP contribution in [0.15, 0.2) is 11.0 Å². The molecule has 1 aromatic heterocycles. The molecule has 9 heteroatoms. The maximum Gasteiger partial charge on any atom is 0.346 e. The van der Waals surface area contributed by atoms with Crippen LogP contribution in [0.25, 0.3) is 0 Å². The third kappa shape index (κ3) is 8.75. The van der Waals surface area contributed by atoms with Gasteiger partial charge in [0.15, 0.2) is 0 Å². The Hall–Kier alpha value is -0.220. The Kier molecular flexibility index (Phi) is 6.29. The highest BCUT2D eigenvalue weighted by Gasteiger charge is 2.03. The van der Waals surface area contributed by atoms with Gasteiger partial charge in [0.2, 0.25) is 0 Å². The lowest BCUT2D eigenvalue weighted by Gasteiger charge is -2.00. The normalized spacial score (nSPS) is 10.2. The van der Waals surface area contributed by atoms with Crippen LogP contribution in [0, 0.1) is 6.92 Å². The molecule has 0 radical (unpaired) electrons. The Labute approximate surface area is 101 Å². The predicted octanol–water partition coefficient (Wildman–Crippen LogP) is 2.93. The van der Waals surface area contributed by atoms with Gasteiger partial charge in [0.1, 0.15) is 5.82 Å². The first kappa shape index (κ1) is 14.8. The van der Waals surface area contributed by atoms with Gasteiger partial charge in [-0.2, -0.15) is 0 Å². The highest BCUT2D eigenvalue weighted by Crippen LogP contribution is 2.61. The van der Waals surface area contributed by atoms with E-state index in [4.69, 9.17) is 0 Å². The maximum atomic E-state index is 10.6. The van der Waals surface area contributed by atoms with Gasteiger partial charge in [-0.25, -0.2) is 9.78 Å². The first-order chi connectivity index (χ1) is 6.74. The van der Waals surface area contributed by atoms with Crippen molar-refractivity contribution in [1.29, 1.82) is 0 Å². The summed E-state index contributed by atoms with van der Waals surface area (Å²) >= 11 is 13.8. The number of aromatic amines is 1. The van der Waals surface area contributed by atoms with Crippen LogP contribution >= 0.6 is 38.9 Å². The lowest BCUT2D eigenvalue weighted by atomic mass is 10.3. The molecule has 0 aromatic carbocycles. The highest BCUT2D eigenvalue weighted by atomic mass is 36.0. The van der Waals surface area contributed by atoms with Crippen LogP contribution in [0.1, 0.15) is 5.56 Å². The van der Waals surface area contributed by atoms with Gasteiger partial charge >= 0.3 is 10.9 Å². The van der Waals surface area contributed by atoms with Gasteiger partial charge in [-0.3, -0.25) is 9.55 Å². The Morgan fingerprint density at radius 2 is 1.93 bits per heavy atom. The van der Waals surface area contributed by atoms with E-state index in [1.165, 1.54) is 6.20 Å². The van der Waals surface area contributed by atoms with Gasteiger partial charge in [0.05, 0.1) is 0 Å². The van der Waals surface area contributed by atoms with Crippen LogP contribution in [0.3, 0.4) is 0 Å². The lowest BCUT2D eigenvalue weighted by molar-refractivity contribution is 0.600. The predicted molar refractivity (Wildman–Crippen MR) is 64.3 cm³/mol. The Balaban J connectivity index is 0.000000336. The summed E-state index contributed by atoms with van der Waals surface area (Å²) in [7, 11) is 1.75. The monoisotopic (exact) mass is 291 g/mol. The number of aromatic nitrogens is 2. The molecule has 0 saturated heterocycles. The zero-order chi connectivity index (χ0) is 12.1. The second-order valence-electron chi connectivity index (χ2n) is 2.40. The number of anilines is 1. The molecule has 1 heterocycles. The van der Waals surface area contributed by atoms with E-state index in [0.29, 0.717) is 0 Å². The van der Waals surface area contributed by atoms with E-state index in [9.17, 15) is 9.36 Å². The molecule has 0 amide bonds. The molecule has 0 aliphatic heterocycles. The van der Waals surface area contributed by atoms with E-state index in [1.54, 1.807) is 7.05 Å². The molecule has 0 spiro atoms. The topological polar surface area (TPSA) is 74.8 Å². The minimum absolute atomic E-state index is 0.324. The smallest absolute Gasteiger partial charge is 0.346 e. The van der Waals surface area contributed by atoms with Crippen molar-refractivity contribution < 1.29 is 4.57 Å².